The van der Waals surface area contributed by atoms with Gasteiger partial charge in [-0.25, -0.2) is 0 Å². The van der Waals surface area contributed by atoms with Gasteiger partial charge in [0.25, 0.3) is 0 Å². The Balaban J connectivity index is 2.12. The zero-order valence-corrected chi connectivity index (χ0v) is 16.7. The molecule has 0 spiro atoms. The Kier molecular flexibility index (Phi) is 6.81. The van der Waals surface area contributed by atoms with Gasteiger partial charge in [-0.3, -0.25) is 14.6 Å². The first-order chi connectivity index (χ1) is 13.3. The van der Waals surface area contributed by atoms with Crippen LogP contribution < -0.4 is 24.8 Å². The van der Waals surface area contributed by atoms with Gasteiger partial charge >= 0.3 is 0 Å². The third kappa shape index (κ3) is 4.70. The van der Waals surface area contributed by atoms with Crippen molar-refractivity contribution in [3.8, 4) is 17.2 Å². The molecule has 0 fully saturated rings. The standard InChI is InChI=1S/C20H25N3O5/c1-20(2,18(24)22-12-13-7-6-8-21-11-13)19(25)23-14-9-15(26-3)17(28-5)16(10-14)27-4/h6-11H,12H2,1-5H3,(H,22,24)(H,23,25). The lowest BCUT2D eigenvalue weighted by atomic mass is 9.90. The highest BCUT2D eigenvalue weighted by molar-refractivity contribution is 6.10. The highest BCUT2D eigenvalue weighted by Gasteiger charge is 2.36. The van der Waals surface area contributed by atoms with E-state index in [4.69, 9.17) is 14.2 Å². The predicted octanol–water partition coefficient (Wildman–Crippen LogP) is 2.39. The van der Waals surface area contributed by atoms with Crippen LogP contribution in [-0.4, -0.2) is 38.1 Å². The fourth-order valence-corrected chi connectivity index (χ4v) is 2.45. The Morgan fingerprint density at radius 2 is 1.68 bits per heavy atom. The third-order valence-corrected chi connectivity index (χ3v) is 4.23. The summed E-state index contributed by atoms with van der Waals surface area (Å²) in [5.74, 6) is 0.343. The van der Waals surface area contributed by atoms with E-state index in [0.29, 0.717) is 22.9 Å². The van der Waals surface area contributed by atoms with Gasteiger partial charge in [0.2, 0.25) is 17.6 Å². The van der Waals surface area contributed by atoms with Crippen LogP contribution in [0.15, 0.2) is 36.7 Å². The van der Waals surface area contributed by atoms with Gasteiger partial charge in [0.15, 0.2) is 11.5 Å². The van der Waals surface area contributed by atoms with Crippen molar-refractivity contribution >= 4 is 17.5 Å². The molecule has 150 valence electrons. The highest BCUT2D eigenvalue weighted by atomic mass is 16.5. The van der Waals surface area contributed by atoms with Crippen molar-refractivity contribution in [3.63, 3.8) is 0 Å². The average molecular weight is 387 g/mol. The number of pyridine rings is 1. The van der Waals surface area contributed by atoms with Crippen molar-refractivity contribution < 1.29 is 23.8 Å². The second-order valence-electron chi connectivity index (χ2n) is 6.54. The number of methoxy groups -OCH3 is 3. The molecule has 0 saturated carbocycles. The van der Waals surface area contributed by atoms with E-state index in [2.05, 4.69) is 15.6 Å². The van der Waals surface area contributed by atoms with E-state index in [0.717, 1.165) is 5.56 Å². The van der Waals surface area contributed by atoms with Crippen LogP contribution in [0.25, 0.3) is 0 Å². The number of anilines is 1. The normalized spacial score (nSPS) is 10.8. The quantitative estimate of drug-likeness (QED) is 0.675. The maximum Gasteiger partial charge on any atom is 0.239 e. The van der Waals surface area contributed by atoms with Crippen LogP contribution >= 0.6 is 0 Å². The summed E-state index contributed by atoms with van der Waals surface area (Å²) in [6.07, 6.45) is 3.31. The van der Waals surface area contributed by atoms with Crippen LogP contribution in [0.1, 0.15) is 19.4 Å². The Morgan fingerprint density at radius 3 is 2.18 bits per heavy atom. The number of carbonyl (C=O) groups is 2. The molecule has 0 aliphatic rings. The first-order valence-electron chi connectivity index (χ1n) is 8.62. The summed E-state index contributed by atoms with van der Waals surface area (Å²) in [6.45, 7) is 3.39. The van der Waals surface area contributed by atoms with Gasteiger partial charge in [0.05, 0.1) is 21.3 Å². The SMILES string of the molecule is COc1cc(NC(=O)C(C)(C)C(=O)NCc2cccnc2)cc(OC)c1OC. The largest absolute Gasteiger partial charge is 0.493 e. The number of hydrogen-bond donors (Lipinski definition) is 2. The number of hydrogen-bond acceptors (Lipinski definition) is 6. The maximum atomic E-state index is 12.7. The van der Waals surface area contributed by atoms with Gasteiger partial charge in [-0.1, -0.05) is 6.07 Å². The van der Waals surface area contributed by atoms with Crippen molar-refractivity contribution in [2.75, 3.05) is 26.6 Å². The molecule has 0 atom stereocenters. The number of nitrogens with zero attached hydrogens (tertiary/aromatic N) is 1. The van der Waals surface area contributed by atoms with E-state index in [1.165, 1.54) is 21.3 Å². The van der Waals surface area contributed by atoms with Crippen molar-refractivity contribution in [2.24, 2.45) is 5.41 Å². The average Bonchev–Trinajstić information content (AvgIpc) is 2.71. The van der Waals surface area contributed by atoms with Crippen molar-refractivity contribution in [1.29, 1.82) is 0 Å². The molecule has 0 aliphatic carbocycles. The molecule has 0 aliphatic heterocycles. The second-order valence-corrected chi connectivity index (χ2v) is 6.54. The minimum Gasteiger partial charge on any atom is -0.493 e. The number of aromatic nitrogens is 1. The zero-order valence-electron chi connectivity index (χ0n) is 16.7. The molecule has 8 nitrogen and oxygen atoms in total. The summed E-state index contributed by atoms with van der Waals surface area (Å²) >= 11 is 0. The van der Waals surface area contributed by atoms with Gasteiger partial charge < -0.3 is 24.8 Å². The topological polar surface area (TPSA) is 98.8 Å². The molecule has 0 bridgehead atoms. The number of nitrogens with one attached hydrogen (secondary N) is 2. The maximum absolute atomic E-state index is 12.7. The van der Waals surface area contributed by atoms with Gasteiger partial charge in [-0.2, -0.15) is 0 Å². The van der Waals surface area contributed by atoms with E-state index in [9.17, 15) is 9.59 Å². The minimum atomic E-state index is -1.30. The Bertz CT molecular complexity index is 812. The first kappa shape index (κ1) is 21.0. The van der Waals surface area contributed by atoms with Gasteiger partial charge in [-0.15, -0.1) is 0 Å². The zero-order chi connectivity index (χ0) is 20.7. The number of benzene rings is 1. The molecule has 8 heteroatoms. The van der Waals surface area contributed by atoms with Crippen LogP contribution in [-0.2, 0) is 16.1 Å². The summed E-state index contributed by atoms with van der Waals surface area (Å²) in [5.41, 5.74) is -0.0351. The van der Waals surface area contributed by atoms with E-state index >= 15 is 0 Å². The minimum absolute atomic E-state index is 0.285. The van der Waals surface area contributed by atoms with E-state index < -0.39 is 17.2 Å². The summed E-state index contributed by atoms with van der Waals surface area (Å²) in [4.78, 5) is 29.3. The van der Waals surface area contributed by atoms with E-state index in [1.54, 1.807) is 44.4 Å². The molecular weight excluding hydrogens is 362 g/mol. The molecule has 0 radical (unpaired) electrons. The molecule has 2 aromatic rings. The number of ether oxygens (including phenoxy) is 3. The van der Waals surface area contributed by atoms with Gasteiger partial charge in [-0.05, 0) is 25.5 Å². The third-order valence-electron chi connectivity index (χ3n) is 4.23. The fourth-order valence-electron chi connectivity index (χ4n) is 2.45. The molecule has 0 saturated heterocycles. The van der Waals surface area contributed by atoms with Gasteiger partial charge in [0, 0.05) is 36.8 Å². The fraction of sp³-hybridized carbons (Fsp3) is 0.350. The smallest absolute Gasteiger partial charge is 0.239 e. The van der Waals surface area contributed by atoms with Crippen LogP contribution in [0.3, 0.4) is 0 Å². The van der Waals surface area contributed by atoms with Crippen LogP contribution in [0.5, 0.6) is 17.2 Å². The van der Waals surface area contributed by atoms with Crippen LogP contribution in [0.4, 0.5) is 5.69 Å². The lowest BCUT2D eigenvalue weighted by Gasteiger charge is -2.23. The lowest BCUT2D eigenvalue weighted by molar-refractivity contribution is -0.138. The number of rotatable bonds is 8. The monoisotopic (exact) mass is 387 g/mol. The lowest BCUT2D eigenvalue weighted by Crippen LogP contribution is -2.44. The molecule has 1 aromatic heterocycles. The molecule has 28 heavy (non-hydrogen) atoms. The van der Waals surface area contributed by atoms with Gasteiger partial charge in [0.1, 0.15) is 5.41 Å². The highest BCUT2D eigenvalue weighted by Crippen LogP contribution is 2.40. The molecule has 0 unspecified atom stereocenters. The first-order valence-corrected chi connectivity index (χ1v) is 8.62. The van der Waals surface area contributed by atoms with Crippen molar-refractivity contribution in [3.05, 3.63) is 42.2 Å². The molecular formula is C20H25N3O5. The Morgan fingerprint density at radius 1 is 1.04 bits per heavy atom. The Labute approximate surface area is 164 Å². The van der Waals surface area contributed by atoms with Crippen LogP contribution in [0, 0.1) is 5.41 Å². The van der Waals surface area contributed by atoms with Crippen molar-refractivity contribution in [2.45, 2.75) is 20.4 Å². The number of amides is 2. The summed E-state index contributed by atoms with van der Waals surface area (Å²) in [7, 11) is 4.46. The van der Waals surface area contributed by atoms with E-state index in [-0.39, 0.29) is 6.54 Å². The molecule has 2 N–H and O–H groups in total. The van der Waals surface area contributed by atoms with Crippen LogP contribution in [0.2, 0.25) is 0 Å². The Hall–Kier alpha value is -3.29. The molecule has 2 amide bonds. The summed E-state index contributed by atoms with van der Waals surface area (Å²) in [5, 5.41) is 5.49. The second kappa shape index (κ2) is 9.07. The molecule has 1 aromatic carbocycles. The molecule has 2 rings (SSSR count). The molecule has 1 heterocycles. The summed E-state index contributed by atoms with van der Waals surface area (Å²) in [6, 6.07) is 6.83. The summed E-state index contributed by atoms with van der Waals surface area (Å²) < 4.78 is 15.8. The van der Waals surface area contributed by atoms with Crippen molar-refractivity contribution in [1.82, 2.24) is 10.3 Å². The predicted molar refractivity (Wildman–Crippen MR) is 105 cm³/mol. The van der Waals surface area contributed by atoms with E-state index in [1.807, 2.05) is 6.07 Å². The number of carbonyl (C=O) groups excluding carboxylic acids is 2.